The van der Waals surface area contributed by atoms with E-state index in [1.54, 1.807) is 42.5 Å². The van der Waals surface area contributed by atoms with Gasteiger partial charge in [0.25, 0.3) is 11.8 Å². The summed E-state index contributed by atoms with van der Waals surface area (Å²) in [7, 11) is 0. The van der Waals surface area contributed by atoms with Crippen molar-refractivity contribution in [1.29, 1.82) is 0 Å². The molecule has 182 valence electrons. The van der Waals surface area contributed by atoms with Gasteiger partial charge in [0.15, 0.2) is 0 Å². The normalized spacial score (nSPS) is 17.3. The van der Waals surface area contributed by atoms with Gasteiger partial charge in [-0.05, 0) is 49.1 Å². The van der Waals surface area contributed by atoms with Gasteiger partial charge in [-0.1, -0.05) is 18.2 Å². The highest BCUT2D eigenvalue weighted by Gasteiger charge is 2.45. The molecule has 0 bridgehead atoms. The number of ether oxygens (including phenoxy) is 1. The van der Waals surface area contributed by atoms with Crippen molar-refractivity contribution in [2.24, 2.45) is 0 Å². The Morgan fingerprint density at radius 3 is 2.66 bits per heavy atom. The Balaban J connectivity index is 1.30. The molecule has 1 saturated heterocycles. The van der Waals surface area contributed by atoms with Gasteiger partial charge in [-0.25, -0.2) is 0 Å². The zero-order chi connectivity index (χ0) is 24.9. The number of aliphatic carboxylic acids is 1. The summed E-state index contributed by atoms with van der Waals surface area (Å²) in [6, 6.07) is 10.9. The molecule has 0 spiro atoms. The standard InChI is InChI=1S/C25H25N3O7/c29-20-10-9-19(23(32)27-20)28-24(33)17-7-4-8-18(22(17)25(28)34)26-11-1-2-12-35-16-6-3-5-15(13-16)14-21(30)31/h3-8,13,19,26H,1-2,9-12,14H2,(H,30,31)(H,27,29,32). The summed E-state index contributed by atoms with van der Waals surface area (Å²) < 4.78 is 5.70. The number of carbonyl (C=O) groups is 5. The lowest BCUT2D eigenvalue weighted by Crippen LogP contribution is -2.54. The van der Waals surface area contributed by atoms with Crippen molar-refractivity contribution in [3.8, 4) is 5.75 Å². The number of carboxylic acid groups (broad SMARTS) is 1. The van der Waals surface area contributed by atoms with Gasteiger partial charge in [-0.15, -0.1) is 0 Å². The summed E-state index contributed by atoms with van der Waals surface area (Å²) in [6.07, 6.45) is 1.54. The van der Waals surface area contributed by atoms with E-state index in [0.717, 1.165) is 11.3 Å². The van der Waals surface area contributed by atoms with Crippen LogP contribution in [0.4, 0.5) is 5.69 Å². The molecule has 0 aliphatic carbocycles. The largest absolute Gasteiger partial charge is 0.494 e. The Morgan fingerprint density at radius 2 is 1.89 bits per heavy atom. The first-order valence-electron chi connectivity index (χ1n) is 11.4. The minimum absolute atomic E-state index is 0.0648. The van der Waals surface area contributed by atoms with Crippen LogP contribution < -0.4 is 15.4 Å². The van der Waals surface area contributed by atoms with Crippen molar-refractivity contribution >= 4 is 35.3 Å². The number of amides is 4. The lowest BCUT2D eigenvalue weighted by atomic mass is 10.0. The molecular formula is C25H25N3O7. The number of nitrogens with zero attached hydrogens (tertiary/aromatic N) is 1. The highest BCUT2D eigenvalue weighted by atomic mass is 16.5. The van der Waals surface area contributed by atoms with Gasteiger partial charge in [0.05, 0.1) is 24.2 Å². The number of carbonyl (C=O) groups excluding carboxylic acids is 4. The van der Waals surface area contributed by atoms with Gasteiger partial charge in [-0.3, -0.25) is 34.2 Å². The Kier molecular flexibility index (Phi) is 7.09. The van der Waals surface area contributed by atoms with Crippen LogP contribution in [0.5, 0.6) is 5.75 Å². The van der Waals surface area contributed by atoms with Crippen LogP contribution in [0.25, 0.3) is 0 Å². The van der Waals surface area contributed by atoms with Crippen LogP contribution in [0.2, 0.25) is 0 Å². The second-order valence-corrected chi connectivity index (χ2v) is 8.38. The van der Waals surface area contributed by atoms with Gasteiger partial charge in [0.1, 0.15) is 11.8 Å². The highest BCUT2D eigenvalue weighted by Crippen LogP contribution is 2.32. The average Bonchev–Trinajstić information content (AvgIpc) is 3.07. The molecule has 2 aliphatic heterocycles. The monoisotopic (exact) mass is 479 g/mol. The van der Waals surface area contributed by atoms with Crippen molar-refractivity contribution in [2.75, 3.05) is 18.5 Å². The molecule has 3 N–H and O–H groups in total. The minimum atomic E-state index is -1.00. The van der Waals surface area contributed by atoms with E-state index in [2.05, 4.69) is 10.6 Å². The summed E-state index contributed by atoms with van der Waals surface area (Å²) >= 11 is 0. The molecule has 1 unspecified atom stereocenters. The molecule has 2 aliphatic rings. The number of nitrogens with one attached hydrogen (secondary N) is 2. The Hall–Kier alpha value is -4.21. The van der Waals surface area contributed by atoms with Crippen molar-refractivity contribution in [2.45, 2.75) is 38.1 Å². The third kappa shape index (κ3) is 5.32. The minimum Gasteiger partial charge on any atom is -0.494 e. The Morgan fingerprint density at radius 1 is 1.09 bits per heavy atom. The third-order valence-corrected chi connectivity index (χ3v) is 5.88. The maximum atomic E-state index is 13.1. The zero-order valence-electron chi connectivity index (χ0n) is 18.9. The topological polar surface area (TPSA) is 142 Å². The summed E-state index contributed by atoms with van der Waals surface area (Å²) in [5.74, 6) is -2.44. The molecule has 1 atom stereocenters. The molecule has 10 heteroatoms. The predicted molar refractivity (Wildman–Crippen MR) is 124 cm³/mol. The van der Waals surface area contributed by atoms with E-state index in [1.165, 1.54) is 0 Å². The smallest absolute Gasteiger partial charge is 0.307 e. The van der Waals surface area contributed by atoms with Crippen molar-refractivity contribution in [3.63, 3.8) is 0 Å². The molecule has 4 rings (SSSR count). The fourth-order valence-electron chi connectivity index (χ4n) is 4.22. The second-order valence-electron chi connectivity index (χ2n) is 8.38. The zero-order valence-corrected chi connectivity index (χ0v) is 18.9. The van der Waals surface area contributed by atoms with E-state index in [4.69, 9.17) is 9.84 Å². The van der Waals surface area contributed by atoms with E-state index in [-0.39, 0.29) is 30.4 Å². The molecule has 10 nitrogen and oxygen atoms in total. The Labute approximate surface area is 201 Å². The highest BCUT2D eigenvalue weighted by molar-refractivity contribution is 6.25. The van der Waals surface area contributed by atoms with Gasteiger partial charge < -0.3 is 15.2 Å². The van der Waals surface area contributed by atoms with Crippen LogP contribution in [0.15, 0.2) is 42.5 Å². The summed E-state index contributed by atoms with van der Waals surface area (Å²) in [5, 5.41) is 14.3. The predicted octanol–water partition coefficient (Wildman–Crippen LogP) is 1.99. The number of imide groups is 2. The number of benzene rings is 2. The van der Waals surface area contributed by atoms with E-state index >= 15 is 0 Å². The number of unbranched alkanes of at least 4 members (excludes halogenated alkanes) is 1. The van der Waals surface area contributed by atoms with Crippen LogP contribution in [0, 0.1) is 0 Å². The van der Waals surface area contributed by atoms with Crippen LogP contribution in [0.3, 0.4) is 0 Å². The second kappa shape index (κ2) is 10.4. The quantitative estimate of drug-likeness (QED) is 0.347. The van der Waals surface area contributed by atoms with Crippen LogP contribution in [-0.4, -0.2) is 58.8 Å². The van der Waals surface area contributed by atoms with Crippen molar-refractivity contribution in [3.05, 3.63) is 59.2 Å². The Bertz CT molecular complexity index is 1190. The lowest BCUT2D eigenvalue weighted by Gasteiger charge is -2.27. The maximum absolute atomic E-state index is 13.1. The fraction of sp³-hybridized carbons (Fsp3) is 0.320. The number of piperidine rings is 1. The van der Waals surface area contributed by atoms with Gasteiger partial charge in [0, 0.05) is 18.7 Å². The molecule has 2 aromatic carbocycles. The van der Waals surface area contributed by atoms with Crippen LogP contribution in [0.1, 0.15) is 52.0 Å². The first-order valence-corrected chi connectivity index (χ1v) is 11.4. The first kappa shape index (κ1) is 23.9. The lowest BCUT2D eigenvalue weighted by molar-refractivity contribution is -0.137. The summed E-state index contributed by atoms with van der Waals surface area (Å²) in [4.78, 5) is 61.4. The maximum Gasteiger partial charge on any atom is 0.307 e. The van der Waals surface area contributed by atoms with E-state index < -0.39 is 35.6 Å². The van der Waals surface area contributed by atoms with Gasteiger partial charge in [0.2, 0.25) is 11.8 Å². The van der Waals surface area contributed by atoms with E-state index in [9.17, 15) is 24.0 Å². The molecule has 2 heterocycles. The van der Waals surface area contributed by atoms with Gasteiger partial charge >= 0.3 is 5.97 Å². The number of hydrogen-bond donors (Lipinski definition) is 3. The first-order chi connectivity index (χ1) is 16.8. The number of anilines is 1. The molecule has 4 amide bonds. The molecule has 0 radical (unpaired) electrons. The molecule has 35 heavy (non-hydrogen) atoms. The SMILES string of the molecule is O=C(O)Cc1cccc(OCCCCNc2cccc3c2C(=O)N(C2CCC(=O)NC2=O)C3=O)c1. The van der Waals surface area contributed by atoms with Crippen molar-refractivity contribution in [1.82, 2.24) is 10.2 Å². The number of fused-ring (bicyclic) bond motifs is 1. The molecule has 0 aromatic heterocycles. The summed E-state index contributed by atoms with van der Waals surface area (Å²) in [5.41, 5.74) is 1.64. The molecule has 2 aromatic rings. The van der Waals surface area contributed by atoms with Crippen LogP contribution in [-0.2, 0) is 20.8 Å². The molecule has 1 fully saturated rings. The van der Waals surface area contributed by atoms with E-state index in [0.29, 0.717) is 36.6 Å². The number of rotatable bonds is 10. The molecule has 0 saturated carbocycles. The number of carboxylic acids is 1. The van der Waals surface area contributed by atoms with Gasteiger partial charge in [-0.2, -0.15) is 0 Å². The fourth-order valence-corrected chi connectivity index (χ4v) is 4.22. The average molecular weight is 479 g/mol. The van der Waals surface area contributed by atoms with Crippen molar-refractivity contribution < 1.29 is 33.8 Å². The van der Waals surface area contributed by atoms with E-state index in [1.807, 2.05) is 0 Å². The molecular weight excluding hydrogens is 454 g/mol. The third-order valence-electron chi connectivity index (χ3n) is 5.88. The van der Waals surface area contributed by atoms with Crippen LogP contribution >= 0.6 is 0 Å². The number of hydrogen-bond acceptors (Lipinski definition) is 7. The summed E-state index contributed by atoms with van der Waals surface area (Å²) in [6.45, 7) is 0.963.